The van der Waals surface area contributed by atoms with E-state index < -0.39 is 17.7 Å². The minimum Gasteiger partial charge on any atom is -0.370 e. The quantitative estimate of drug-likeness (QED) is 0.238. The molecule has 7 heteroatoms. The van der Waals surface area contributed by atoms with Crippen molar-refractivity contribution in [3.8, 4) is 0 Å². The molecule has 1 N–H and O–H groups in total. The Morgan fingerprint density at radius 1 is 1.10 bits per heavy atom. The summed E-state index contributed by atoms with van der Waals surface area (Å²) in [6.45, 7) is 10.8. The Kier molecular flexibility index (Phi) is 12.4. The maximum Gasteiger partial charge on any atom is 0.417 e. The lowest BCUT2D eigenvalue weighted by atomic mass is 9.84. The van der Waals surface area contributed by atoms with Gasteiger partial charge in [-0.1, -0.05) is 46.6 Å². The topological polar surface area (TPSA) is 24.4 Å². The van der Waals surface area contributed by atoms with Crippen molar-refractivity contribution in [1.29, 1.82) is 0 Å². The number of alkyl halides is 5. The first kappa shape index (κ1) is 27.6. The average Bonchev–Trinajstić information content (AvgIpc) is 2.64. The maximum atomic E-state index is 13.9. The zero-order chi connectivity index (χ0) is 22.7. The van der Waals surface area contributed by atoms with E-state index in [-0.39, 0.29) is 24.7 Å². The van der Waals surface area contributed by atoms with Crippen LogP contribution in [0.5, 0.6) is 0 Å². The molecule has 0 aromatic rings. The van der Waals surface area contributed by atoms with Gasteiger partial charge in [-0.2, -0.15) is 13.2 Å². The van der Waals surface area contributed by atoms with Crippen LogP contribution in [0.15, 0.2) is 28.0 Å². The Morgan fingerprint density at radius 3 is 2.17 bits per heavy atom. The molecular formula is C22H37F5N2. The highest BCUT2D eigenvalue weighted by atomic mass is 19.4. The van der Waals surface area contributed by atoms with E-state index in [9.17, 15) is 22.0 Å². The number of nitrogens with one attached hydrogen (secondary N) is 1. The molecule has 0 aliphatic heterocycles. The van der Waals surface area contributed by atoms with E-state index in [1.165, 1.54) is 13.8 Å². The van der Waals surface area contributed by atoms with Gasteiger partial charge in [-0.15, -0.1) is 0 Å². The standard InChI is InChI=1S/C22H37F5N2/c1-7-11-12-18(17(6)13-21(23,24)10-4)14-28-20(16(5)8-2)29-15-19(9-3)22(25,26)27/h9,15,17-18,28H,7-8,10-14H2,1-6H3/b19-9+,20-16-,29-15+. The van der Waals surface area contributed by atoms with Crippen LogP contribution in [-0.2, 0) is 0 Å². The van der Waals surface area contributed by atoms with Crippen molar-refractivity contribution in [3.05, 3.63) is 23.0 Å². The monoisotopic (exact) mass is 424 g/mol. The van der Waals surface area contributed by atoms with Crippen LogP contribution in [0.2, 0.25) is 0 Å². The molecule has 0 saturated carbocycles. The van der Waals surface area contributed by atoms with Crippen LogP contribution in [0, 0.1) is 11.8 Å². The summed E-state index contributed by atoms with van der Waals surface area (Å²) in [7, 11) is 0. The molecule has 0 fully saturated rings. The number of aliphatic imine (C=N–C) groups is 1. The molecule has 0 spiro atoms. The smallest absolute Gasteiger partial charge is 0.370 e. The molecule has 0 saturated heterocycles. The first-order chi connectivity index (χ1) is 13.4. The Labute approximate surface area is 172 Å². The number of hydrogen-bond acceptors (Lipinski definition) is 2. The van der Waals surface area contributed by atoms with Gasteiger partial charge in [0.05, 0.1) is 5.57 Å². The molecule has 0 aromatic carbocycles. The molecule has 0 radical (unpaired) electrons. The van der Waals surface area contributed by atoms with Crippen LogP contribution in [0.4, 0.5) is 22.0 Å². The lowest BCUT2D eigenvalue weighted by molar-refractivity contribution is -0.0857. The number of halogens is 5. The largest absolute Gasteiger partial charge is 0.417 e. The van der Waals surface area contributed by atoms with Gasteiger partial charge in [-0.3, -0.25) is 0 Å². The Balaban J connectivity index is 5.40. The first-order valence-corrected chi connectivity index (χ1v) is 10.5. The SMILES string of the molecule is C\C=C(/C=N/C(NCC(CCCC)C(C)CC(F)(F)CC)=C(/C)CC)C(F)(F)F. The predicted octanol–water partition coefficient (Wildman–Crippen LogP) is 7.67. The Bertz CT molecular complexity index is 562. The summed E-state index contributed by atoms with van der Waals surface area (Å²) in [6.07, 6.45) is 0.227. The van der Waals surface area contributed by atoms with Gasteiger partial charge in [0.1, 0.15) is 5.82 Å². The van der Waals surface area contributed by atoms with Crippen molar-refractivity contribution in [2.45, 2.75) is 92.2 Å². The summed E-state index contributed by atoms with van der Waals surface area (Å²) in [5.74, 6) is -2.54. The van der Waals surface area contributed by atoms with Gasteiger partial charge in [-0.05, 0) is 44.1 Å². The van der Waals surface area contributed by atoms with Crippen LogP contribution >= 0.6 is 0 Å². The number of nitrogens with zero attached hydrogens (tertiary/aromatic N) is 1. The maximum absolute atomic E-state index is 13.9. The summed E-state index contributed by atoms with van der Waals surface area (Å²) < 4.78 is 66.5. The van der Waals surface area contributed by atoms with E-state index in [0.717, 1.165) is 37.1 Å². The van der Waals surface area contributed by atoms with Crippen LogP contribution in [0.3, 0.4) is 0 Å². The van der Waals surface area contributed by atoms with E-state index in [1.54, 1.807) is 6.92 Å². The lowest BCUT2D eigenvalue weighted by Gasteiger charge is -2.28. The van der Waals surface area contributed by atoms with Crippen LogP contribution in [0.1, 0.15) is 80.1 Å². The minimum absolute atomic E-state index is 0.00830. The van der Waals surface area contributed by atoms with Gasteiger partial charge in [-0.25, -0.2) is 13.8 Å². The van der Waals surface area contributed by atoms with E-state index in [2.05, 4.69) is 10.3 Å². The molecule has 0 bridgehead atoms. The fourth-order valence-corrected chi connectivity index (χ4v) is 2.98. The van der Waals surface area contributed by atoms with Crippen molar-refractivity contribution in [3.63, 3.8) is 0 Å². The van der Waals surface area contributed by atoms with Gasteiger partial charge < -0.3 is 5.32 Å². The molecule has 29 heavy (non-hydrogen) atoms. The molecule has 170 valence electrons. The third kappa shape index (κ3) is 10.8. The molecule has 2 nitrogen and oxygen atoms in total. The third-order valence-electron chi connectivity index (χ3n) is 5.31. The molecule has 0 aromatic heterocycles. The third-order valence-corrected chi connectivity index (χ3v) is 5.31. The number of allylic oxidation sites excluding steroid dienone is 3. The highest BCUT2D eigenvalue weighted by Crippen LogP contribution is 2.32. The summed E-state index contributed by atoms with van der Waals surface area (Å²) in [4.78, 5) is 4.04. The lowest BCUT2D eigenvalue weighted by Crippen LogP contribution is -2.31. The van der Waals surface area contributed by atoms with Crippen LogP contribution in [-0.4, -0.2) is 24.9 Å². The molecule has 0 aliphatic carbocycles. The zero-order valence-electron chi connectivity index (χ0n) is 18.6. The summed E-state index contributed by atoms with van der Waals surface area (Å²) in [5, 5.41) is 3.14. The van der Waals surface area contributed by atoms with Crippen molar-refractivity contribution in [2.24, 2.45) is 16.8 Å². The normalized spacial score (nSPS) is 16.7. The average molecular weight is 425 g/mol. The predicted molar refractivity (Wildman–Crippen MR) is 111 cm³/mol. The molecule has 0 amide bonds. The van der Waals surface area contributed by atoms with Crippen molar-refractivity contribution in [1.82, 2.24) is 5.32 Å². The Morgan fingerprint density at radius 2 is 1.72 bits per heavy atom. The van der Waals surface area contributed by atoms with E-state index in [4.69, 9.17) is 0 Å². The molecular weight excluding hydrogens is 387 g/mol. The summed E-state index contributed by atoms with van der Waals surface area (Å²) in [5.41, 5.74) is -0.00106. The van der Waals surface area contributed by atoms with Gasteiger partial charge >= 0.3 is 6.18 Å². The van der Waals surface area contributed by atoms with Gasteiger partial charge in [0.15, 0.2) is 0 Å². The Hall–Kier alpha value is -1.40. The highest BCUT2D eigenvalue weighted by Gasteiger charge is 2.33. The second kappa shape index (κ2) is 13.0. The van der Waals surface area contributed by atoms with Gasteiger partial charge in [0, 0.05) is 25.6 Å². The number of rotatable bonds is 13. The number of hydrogen-bond donors (Lipinski definition) is 1. The van der Waals surface area contributed by atoms with Crippen molar-refractivity contribution in [2.75, 3.05) is 6.54 Å². The molecule has 0 aliphatic rings. The molecule has 0 rings (SSSR count). The molecule has 0 heterocycles. The fourth-order valence-electron chi connectivity index (χ4n) is 2.98. The van der Waals surface area contributed by atoms with Crippen molar-refractivity contribution < 1.29 is 22.0 Å². The number of unbranched alkanes of at least 4 members (excludes halogenated alkanes) is 1. The summed E-state index contributed by atoms with van der Waals surface area (Å²) >= 11 is 0. The van der Waals surface area contributed by atoms with E-state index >= 15 is 0 Å². The second-order valence-corrected chi connectivity index (χ2v) is 7.66. The van der Waals surface area contributed by atoms with Gasteiger partial charge in [0.25, 0.3) is 0 Å². The minimum atomic E-state index is -4.46. The highest BCUT2D eigenvalue weighted by molar-refractivity contribution is 5.80. The van der Waals surface area contributed by atoms with Crippen LogP contribution in [0.25, 0.3) is 0 Å². The van der Waals surface area contributed by atoms with Crippen molar-refractivity contribution >= 4 is 6.21 Å². The van der Waals surface area contributed by atoms with E-state index in [1.807, 2.05) is 20.8 Å². The zero-order valence-corrected chi connectivity index (χ0v) is 18.6. The van der Waals surface area contributed by atoms with Gasteiger partial charge in [0.2, 0.25) is 5.92 Å². The fraction of sp³-hybridized carbons (Fsp3) is 0.773. The second-order valence-electron chi connectivity index (χ2n) is 7.66. The molecule has 2 atom stereocenters. The summed E-state index contributed by atoms with van der Waals surface area (Å²) in [6, 6.07) is 0. The first-order valence-electron chi connectivity index (χ1n) is 10.5. The molecule has 2 unspecified atom stereocenters. The van der Waals surface area contributed by atoms with E-state index in [0.29, 0.717) is 18.8 Å². The van der Waals surface area contributed by atoms with Crippen LogP contribution < -0.4 is 5.32 Å².